The number of carboxylic acids is 1. The molecule has 1 N–H and O–H groups in total. The number of carbonyl (C=O) groups excluding carboxylic acids is 1. The molecule has 1 amide bonds. The van der Waals surface area contributed by atoms with Crippen molar-refractivity contribution in [2.45, 2.75) is 18.9 Å². The summed E-state index contributed by atoms with van der Waals surface area (Å²) in [5.74, 6) is -1.80. The van der Waals surface area contributed by atoms with Gasteiger partial charge in [-0.25, -0.2) is 9.18 Å². The van der Waals surface area contributed by atoms with E-state index >= 15 is 0 Å². The lowest BCUT2D eigenvalue weighted by atomic mass is 10.2. The van der Waals surface area contributed by atoms with Crippen LogP contribution in [0.3, 0.4) is 0 Å². The maximum atomic E-state index is 13.4. The van der Waals surface area contributed by atoms with Gasteiger partial charge in [-0.3, -0.25) is 4.79 Å². The van der Waals surface area contributed by atoms with Crippen molar-refractivity contribution in [3.05, 3.63) is 41.7 Å². The molecule has 1 heterocycles. The Morgan fingerprint density at radius 3 is 2.79 bits per heavy atom. The van der Waals surface area contributed by atoms with E-state index in [1.807, 2.05) is 0 Å². The minimum Gasteiger partial charge on any atom is -0.480 e. The van der Waals surface area contributed by atoms with Gasteiger partial charge in [0, 0.05) is 18.2 Å². The average Bonchev–Trinajstić information content (AvgIpc) is 2.87. The second-order valence-electron chi connectivity index (χ2n) is 4.38. The minimum absolute atomic E-state index is 0.307. The molecule has 0 spiro atoms. The second kappa shape index (κ2) is 5.65. The molecule has 100 valence electrons. The van der Waals surface area contributed by atoms with Gasteiger partial charge in [-0.15, -0.1) is 0 Å². The van der Waals surface area contributed by atoms with E-state index in [0.29, 0.717) is 24.9 Å². The molecule has 0 unspecified atom stereocenters. The van der Waals surface area contributed by atoms with Crippen LogP contribution in [-0.2, 0) is 9.59 Å². The van der Waals surface area contributed by atoms with Crippen LogP contribution in [0.25, 0.3) is 6.08 Å². The van der Waals surface area contributed by atoms with E-state index in [-0.39, 0.29) is 0 Å². The minimum atomic E-state index is -0.995. The van der Waals surface area contributed by atoms with Crippen LogP contribution >= 0.6 is 0 Å². The Morgan fingerprint density at radius 2 is 2.11 bits per heavy atom. The Morgan fingerprint density at radius 1 is 1.37 bits per heavy atom. The molecule has 1 aliphatic rings. The van der Waals surface area contributed by atoms with Crippen molar-refractivity contribution >= 4 is 18.0 Å². The van der Waals surface area contributed by atoms with E-state index < -0.39 is 23.7 Å². The summed E-state index contributed by atoms with van der Waals surface area (Å²) in [6.45, 7) is 0.428. The highest BCUT2D eigenvalue weighted by atomic mass is 19.1. The number of rotatable bonds is 3. The third-order valence-electron chi connectivity index (χ3n) is 3.13. The number of hydrogen-bond donors (Lipinski definition) is 1. The fourth-order valence-corrected chi connectivity index (χ4v) is 2.15. The van der Waals surface area contributed by atoms with Crippen LogP contribution in [-0.4, -0.2) is 34.5 Å². The van der Waals surface area contributed by atoms with E-state index in [9.17, 15) is 14.0 Å². The maximum Gasteiger partial charge on any atom is 0.326 e. The summed E-state index contributed by atoms with van der Waals surface area (Å²) in [6, 6.07) is 5.33. The highest BCUT2D eigenvalue weighted by Crippen LogP contribution is 2.18. The highest BCUT2D eigenvalue weighted by molar-refractivity contribution is 5.94. The number of hydrogen-bond acceptors (Lipinski definition) is 2. The molecule has 0 aliphatic carbocycles. The van der Waals surface area contributed by atoms with Gasteiger partial charge in [0.05, 0.1) is 0 Å². The topological polar surface area (TPSA) is 57.6 Å². The molecule has 0 radical (unpaired) electrons. The molecule has 1 aliphatic heterocycles. The number of benzene rings is 1. The number of likely N-dealkylation sites (tertiary alicyclic amines) is 1. The fourth-order valence-electron chi connectivity index (χ4n) is 2.15. The van der Waals surface area contributed by atoms with Gasteiger partial charge >= 0.3 is 5.97 Å². The fraction of sp³-hybridized carbons (Fsp3) is 0.286. The number of aliphatic carboxylic acids is 1. The Labute approximate surface area is 110 Å². The van der Waals surface area contributed by atoms with Gasteiger partial charge in [-0.05, 0) is 25.0 Å². The number of carbonyl (C=O) groups is 2. The van der Waals surface area contributed by atoms with Gasteiger partial charge in [0.2, 0.25) is 5.91 Å². The van der Waals surface area contributed by atoms with E-state index in [2.05, 4.69) is 0 Å². The third-order valence-corrected chi connectivity index (χ3v) is 3.13. The van der Waals surface area contributed by atoms with E-state index in [0.717, 1.165) is 0 Å². The number of halogens is 1. The van der Waals surface area contributed by atoms with Gasteiger partial charge in [-0.1, -0.05) is 18.2 Å². The molecule has 4 nitrogen and oxygen atoms in total. The van der Waals surface area contributed by atoms with Crippen molar-refractivity contribution in [2.75, 3.05) is 6.54 Å². The molecule has 0 saturated carbocycles. The smallest absolute Gasteiger partial charge is 0.326 e. The first-order chi connectivity index (χ1) is 9.09. The van der Waals surface area contributed by atoms with Crippen molar-refractivity contribution < 1.29 is 19.1 Å². The molecule has 1 atom stereocenters. The zero-order valence-corrected chi connectivity index (χ0v) is 10.3. The Balaban J connectivity index is 2.09. The standard InChI is InChI=1S/C14H14FNO3/c15-11-5-2-1-4-10(11)7-8-13(17)16-9-3-6-12(16)14(18)19/h1-2,4-5,7-8,12H,3,6,9H2,(H,18,19)/b8-7-/t12-/m1/s1. The van der Waals surface area contributed by atoms with Gasteiger partial charge in [-0.2, -0.15) is 0 Å². The molecule has 2 rings (SSSR count). The molecule has 0 bridgehead atoms. The summed E-state index contributed by atoms with van der Waals surface area (Å²) in [4.78, 5) is 24.2. The predicted molar refractivity (Wildman–Crippen MR) is 67.8 cm³/mol. The van der Waals surface area contributed by atoms with Gasteiger partial charge in [0.25, 0.3) is 0 Å². The zero-order valence-electron chi connectivity index (χ0n) is 10.3. The lowest BCUT2D eigenvalue weighted by molar-refractivity contribution is -0.146. The molecular weight excluding hydrogens is 249 g/mol. The molecule has 1 aromatic carbocycles. The van der Waals surface area contributed by atoms with E-state index in [1.165, 1.54) is 23.1 Å². The van der Waals surface area contributed by atoms with Crippen molar-refractivity contribution in [3.63, 3.8) is 0 Å². The number of carboxylic acid groups (broad SMARTS) is 1. The van der Waals surface area contributed by atoms with Crippen molar-refractivity contribution in [3.8, 4) is 0 Å². The van der Waals surface area contributed by atoms with E-state index in [1.54, 1.807) is 18.2 Å². The lowest BCUT2D eigenvalue weighted by Gasteiger charge is -2.19. The van der Waals surface area contributed by atoms with Gasteiger partial charge in [0.1, 0.15) is 11.9 Å². The van der Waals surface area contributed by atoms with Crippen LogP contribution in [0.15, 0.2) is 30.3 Å². The monoisotopic (exact) mass is 263 g/mol. The third kappa shape index (κ3) is 2.99. The molecule has 1 saturated heterocycles. The quantitative estimate of drug-likeness (QED) is 0.847. The molecule has 1 fully saturated rings. The average molecular weight is 263 g/mol. The molecule has 5 heteroatoms. The van der Waals surface area contributed by atoms with Crippen LogP contribution in [0.2, 0.25) is 0 Å². The van der Waals surface area contributed by atoms with Gasteiger partial charge < -0.3 is 10.0 Å². The number of nitrogens with zero attached hydrogens (tertiary/aromatic N) is 1. The summed E-state index contributed by atoms with van der Waals surface area (Å²) in [5.41, 5.74) is 0.307. The molecule has 1 aromatic rings. The first kappa shape index (κ1) is 13.3. The Hall–Kier alpha value is -2.17. The highest BCUT2D eigenvalue weighted by Gasteiger charge is 2.32. The van der Waals surface area contributed by atoms with Crippen molar-refractivity contribution in [1.29, 1.82) is 0 Å². The normalized spacial score (nSPS) is 19.0. The maximum absolute atomic E-state index is 13.4. The summed E-state index contributed by atoms with van der Waals surface area (Å²) in [6.07, 6.45) is 3.74. The van der Waals surface area contributed by atoms with Crippen LogP contribution in [0.5, 0.6) is 0 Å². The van der Waals surface area contributed by atoms with Gasteiger partial charge in [0.15, 0.2) is 0 Å². The summed E-state index contributed by atoms with van der Waals surface area (Å²) in [5, 5.41) is 8.98. The zero-order chi connectivity index (χ0) is 13.8. The summed E-state index contributed by atoms with van der Waals surface area (Å²) in [7, 11) is 0. The lowest BCUT2D eigenvalue weighted by Crippen LogP contribution is -2.39. The first-order valence-corrected chi connectivity index (χ1v) is 6.05. The van der Waals surface area contributed by atoms with E-state index in [4.69, 9.17) is 5.11 Å². The first-order valence-electron chi connectivity index (χ1n) is 6.05. The predicted octanol–water partition coefficient (Wildman–Crippen LogP) is 1.91. The SMILES string of the molecule is O=C(O)[C@H]1CCCN1C(=O)/C=C\c1ccccc1F. The van der Waals surface area contributed by atoms with Crippen molar-refractivity contribution in [2.24, 2.45) is 0 Å². The van der Waals surface area contributed by atoms with Crippen molar-refractivity contribution in [1.82, 2.24) is 4.90 Å². The summed E-state index contributed by atoms with van der Waals surface area (Å²) >= 11 is 0. The summed E-state index contributed by atoms with van der Waals surface area (Å²) < 4.78 is 13.4. The molecule has 19 heavy (non-hydrogen) atoms. The van der Waals surface area contributed by atoms with Crippen LogP contribution < -0.4 is 0 Å². The van der Waals surface area contributed by atoms with Crippen LogP contribution in [0.4, 0.5) is 4.39 Å². The van der Waals surface area contributed by atoms with Crippen LogP contribution in [0, 0.1) is 5.82 Å². The van der Waals surface area contributed by atoms with Crippen LogP contribution in [0.1, 0.15) is 18.4 Å². The Kier molecular flexibility index (Phi) is 3.94. The Bertz CT molecular complexity index is 527. The second-order valence-corrected chi connectivity index (χ2v) is 4.38. The largest absolute Gasteiger partial charge is 0.480 e. The number of amides is 1. The molecule has 0 aromatic heterocycles. The molecular formula is C14H14FNO3.